The summed E-state index contributed by atoms with van der Waals surface area (Å²) >= 11 is 0. The van der Waals surface area contributed by atoms with Crippen molar-refractivity contribution in [2.75, 3.05) is 21.3 Å². The van der Waals surface area contributed by atoms with E-state index in [1.807, 2.05) is 12.1 Å². The van der Waals surface area contributed by atoms with Crippen LogP contribution in [0.3, 0.4) is 0 Å². The van der Waals surface area contributed by atoms with Crippen LogP contribution < -0.4 is 25.5 Å². The number of methoxy groups -OCH3 is 3. The summed E-state index contributed by atoms with van der Waals surface area (Å²) in [4.78, 5) is 0. The lowest BCUT2D eigenvalue weighted by molar-refractivity contribution is 0.318. The van der Waals surface area contributed by atoms with Gasteiger partial charge in [-0.15, -0.1) is 0 Å². The molecule has 0 aromatic heterocycles. The number of hydrogen-bond acceptors (Lipinski definition) is 5. The third-order valence-corrected chi connectivity index (χ3v) is 3.47. The number of nitrogens with two attached hydrogens (primary N) is 1. The zero-order valence-electron chi connectivity index (χ0n) is 13.9. The van der Waals surface area contributed by atoms with Crippen molar-refractivity contribution >= 4 is 0 Å². The van der Waals surface area contributed by atoms with Gasteiger partial charge in [0.05, 0.1) is 21.3 Å². The van der Waals surface area contributed by atoms with E-state index in [9.17, 15) is 0 Å². The van der Waals surface area contributed by atoms with E-state index in [0.29, 0.717) is 17.2 Å². The fraction of sp³-hybridized carbons (Fsp3) is 0.625. The lowest BCUT2D eigenvalue weighted by Gasteiger charge is -2.24. The molecule has 0 aliphatic carbocycles. The maximum absolute atomic E-state index is 5.72. The molecule has 1 aromatic carbocycles. The lowest BCUT2D eigenvalue weighted by Crippen LogP contribution is -2.29. The highest BCUT2D eigenvalue weighted by molar-refractivity contribution is 5.54. The Balaban J connectivity index is 3.09. The second-order valence-electron chi connectivity index (χ2n) is 6.28. The summed E-state index contributed by atoms with van der Waals surface area (Å²) in [7, 11) is 4.82. The van der Waals surface area contributed by atoms with Crippen molar-refractivity contribution in [3.05, 3.63) is 17.7 Å². The summed E-state index contributed by atoms with van der Waals surface area (Å²) in [6.45, 7) is 6.65. The van der Waals surface area contributed by atoms with Crippen LogP contribution in [0.25, 0.3) is 0 Å². The molecule has 1 atom stereocenters. The summed E-state index contributed by atoms with van der Waals surface area (Å²) in [6, 6.07) is 3.92. The number of hydrogen-bond donors (Lipinski definition) is 2. The van der Waals surface area contributed by atoms with Crippen molar-refractivity contribution in [2.24, 2.45) is 11.3 Å². The maximum Gasteiger partial charge on any atom is 0.203 e. The molecule has 0 amide bonds. The minimum absolute atomic E-state index is 0.0398. The van der Waals surface area contributed by atoms with E-state index in [-0.39, 0.29) is 11.5 Å². The lowest BCUT2D eigenvalue weighted by atomic mass is 9.87. The van der Waals surface area contributed by atoms with Crippen LogP contribution >= 0.6 is 0 Å². The molecule has 1 rings (SSSR count). The molecule has 0 aliphatic rings. The summed E-state index contributed by atoms with van der Waals surface area (Å²) in [5.41, 5.74) is 4.16. The average Bonchev–Trinajstić information content (AvgIpc) is 2.45. The Morgan fingerprint density at radius 2 is 1.57 bits per heavy atom. The van der Waals surface area contributed by atoms with Crippen molar-refractivity contribution < 1.29 is 14.2 Å². The zero-order chi connectivity index (χ0) is 16.0. The highest BCUT2D eigenvalue weighted by Gasteiger charge is 2.20. The second kappa shape index (κ2) is 7.52. The molecule has 120 valence electrons. The van der Waals surface area contributed by atoms with Gasteiger partial charge in [-0.1, -0.05) is 20.8 Å². The predicted molar refractivity (Wildman–Crippen MR) is 84.9 cm³/mol. The van der Waals surface area contributed by atoms with Gasteiger partial charge in [0.25, 0.3) is 0 Å². The maximum atomic E-state index is 5.72. The molecule has 5 heteroatoms. The normalized spacial score (nSPS) is 12.9. The van der Waals surface area contributed by atoms with Crippen molar-refractivity contribution in [1.82, 2.24) is 5.43 Å². The molecule has 0 radical (unpaired) electrons. The SMILES string of the molecule is COc1cc(C(CCC(C)(C)C)NN)cc(OC)c1OC. The molecule has 0 spiro atoms. The van der Waals surface area contributed by atoms with E-state index in [1.54, 1.807) is 21.3 Å². The molecule has 0 saturated heterocycles. The quantitative estimate of drug-likeness (QED) is 0.598. The molecule has 0 fully saturated rings. The van der Waals surface area contributed by atoms with Crippen LogP contribution in [0.5, 0.6) is 17.2 Å². The minimum atomic E-state index is 0.0398. The van der Waals surface area contributed by atoms with Gasteiger partial charge < -0.3 is 14.2 Å². The van der Waals surface area contributed by atoms with E-state index >= 15 is 0 Å². The standard InChI is InChI=1S/C16H28N2O3/c1-16(2,3)8-7-12(18-17)11-9-13(19-4)15(21-6)14(10-11)20-5/h9-10,12,18H,7-8,17H2,1-6H3. The first-order valence-corrected chi connectivity index (χ1v) is 7.12. The first-order chi connectivity index (χ1) is 9.86. The van der Waals surface area contributed by atoms with Crippen LogP contribution in [0.2, 0.25) is 0 Å². The molecule has 21 heavy (non-hydrogen) atoms. The van der Waals surface area contributed by atoms with Crippen molar-refractivity contribution in [2.45, 2.75) is 39.7 Å². The molecule has 1 unspecified atom stereocenters. The van der Waals surface area contributed by atoms with E-state index in [4.69, 9.17) is 20.1 Å². The van der Waals surface area contributed by atoms with Crippen LogP contribution in [0.1, 0.15) is 45.2 Å². The van der Waals surface area contributed by atoms with Gasteiger partial charge in [0.1, 0.15) is 0 Å². The summed E-state index contributed by atoms with van der Waals surface area (Å²) in [6.07, 6.45) is 1.98. The van der Waals surface area contributed by atoms with E-state index in [0.717, 1.165) is 18.4 Å². The molecular weight excluding hydrogens is 268 g/mol. The van der Waals surface area contributed by atoms with Gasteiger partial charge in [-0.3, -0.25) is 11.3 Å². The van der Waals surface area contributed by atoms with Crippen LogP contribution in [-0.2, 0) is 0 Å². The number of hydrazine groups is 1. The van der Waals surface area contributed by atoms with Gasteiger partial charge in [0.2, 0.25) is 5.75 Å². The Kier molecular flexibility index (Phi) is 6.30. The Morgan fingerprint density at radius 3 is 1.90 bits per heavy atom. The Hall–Kier alpha value is -1.46. The van der Waals surface area contributed by atoms with Crippen molar-refractivity contribution in [3.8, 4) is 17.2 Å². The van der Waals surface area contributed by atoms with Crippen molar-refractivity contribution in [1.29, 1.82) is 0 Å². The van der Waals surface area contributed by atoms with Crippen LogP contribution in [0, 0.1) is 5.41 Å². The summed E-state index contributed by atoms with van der Waals surface area (Å²) < 4.78 is 16.1. The van der Waals surface area contributed by atoms with E-state index in [2.05, 4.69) is 26.2 Å². The Morgan fingerprint density at radius 1 is 1.05 bits per heavy atom. The molecule has 0 saturated carbocycles. The van der Waals surface area contributed by atoms with Crippen LogP contribution in [-0.4, -0.2) is 21.3 Å². The highest BCUT2D eigenvalue weighted by Crippen LogP contribution is 2.40. The first-order valence-electron chi connectivity index (χ1n) is 7.12. The number of benzene rings is 1. The fourth-order valence-electron chi connectivity index (χ4n) is 2.23. The first kappa shape index (κ1) is 17.6. The number of rotatable bonds is 7. The molecule has 1 aromatic rings. The molecular formula is C16H28N2O3. The summed E-state index contributed by atoms with van der Waals surface area (Å²) in [5.74, 6) is 7.60. The molecule has 0 heterocycles. The molecule has 3 N–H and O–H groups in total. The molecule has 0 bridgehead atoms. The van der Waals surface area contributed by atoms with Gasteiger partial charge in [0.15, 0.2) is 11.5 Å². The van der Waals surface area contributed by atoms with Crippen molar-refractivity contribution in [3.63, 3.8) is 0 Å². The second-order valence-corrected chi connectivity index (χ2v) is 6.28. The van der Waals surface area contributed by atoms with E-state index in [1.165, 1.54) is 0 Å². The average molecular weight is 296 g/mol. The number of ether oxygens (including phenoxy) is 3. The minimum Gasteiger partial charge on any atom is -0.493 e. The van der Waals surface area contributed by atoms with Gasteiger partial charge in [-0.05, 0) is 36.0 Å². The van der Waals surface area contributed by atoms with Crippen LogP contribution in [0.15, 0.2) is 12.1 Å². The number of nitrogens with one attached hydrogen (secondary N) is 1. The largest absolute Gasteiger partial charge is 0.493 e. The summed E-state index contributed by atoms with van der Waals surface area (Å²) in [5, 5.41) is 0. The van der Waals surface area contributed by atoms with Gasteiger partial charge in [-0.25, -0.2) is 0 Å². The fourth-order valence-corrected chi connectivity index (χ4v) is 2.23. The predicted octanol–water partition coefficient (Wildman–Crippen LogP) is 3.04. The van der Waals surface area contributed by atoms with Crippen LogP contribution in [0.4, 0.5) is 0 Å². The zero-order valence-corrected chi connectivity index (χ0v) is 13.9. The Bertz CT molecular complexity index is 430. The monoisotopic (exact) mass is 296 g/mol. The van der Waals surface area contributed by atoms with Gasteiger partial charge in [0, 0.05) is 6.04 Å². The third-order valence-electron chi connectivity index (χ3n) is 3.47. The van der Waals surface area contributed by atoms with Gasteiger partial charge >= 0.3 is 0 Å². The van der Waals surface area contributed by atoms with E-state index < -0.39 is 0 Å². The molecule has 0 aliphatic heterocycles. The Labute approximate surface area is 127 Å². The smallest absolute Gasteiger partial charge is 0.203 e. The topological polar surface area (TPSA) is 65.7 Å². The molecule has 5 nitrogen and oxygen atoms in total. The third kappa shape index (κ3) is 4.79. The van der Waals surface area contributed by atoms with Gasteiger partial charge in [-0.2, -0.15) is 0 Å². The highest BCUT2D eigenvalue weighted by atomic mass is 16.5.